The quantitative estimate of drug-likeness (QED) is 0.525. The summed E-state index contributed by atoms with van der Waals surface area (Å²) in [5.74, 6) is 0. The zero-order valence-electron chi connectivity index (χ0n) is 10.7. The predicted octanol–water partition coefficient (Wildman–Crippen LogP) is 4.62. The van der Waals surface area contributed by atoms with Gasteiger partial charge >= 0.3 is 0 Å². The van der Waals surface area contributed by atoms with Crippen molar-refractivity contribution in [1.82, 2.24) is 4.98 Å². The SMILES string of the molecule is c1ccc2cc(N=c3[nH]c4ccccc4s3)ccc2c1. The van der Waals surface area contributed by atoms with Gasteiger partial charge in [0.1, 0.15) is 0 Å². The van der Waals surface area contributed by atoms with Crippen molar-refractivity contribution in [2.24, 2.45) is 4.99 Å². The second-order valence-corrected chi connectivity index (χ2v) is 5.70. The summed E-state index contributed by atoms with van der Waals surface area (Å²) in [5, 5.41) is 2.46. The molecule has 0 spiro atoms. The van der Waals surface area contributed by atoms with Gasteiger partial charge in [0.25, 0.3) is 0 Å². The lowest BCUT2D eigenvalue weighted by atomic mass is 10.1. The van der Waals surface area contributed by atoms with Gasteiger partial charge in [-0.3, -0.25) is 0 Å². The molecule has 4 rings (SSSR count). The first kappa shape index (κ1) is 11.4. The number of fused-ring (bicyclic) bond motifs is 2. The summed E-state index contributed by atoms with van der Waals surface area (Å²) in [6.07, 6.45) is 0. The summed E-state index contributed by atoms with van der Waals surface area (Å²) in [6, 6.07) is 22.9. The molecular weight excluding hydrogens is 264 g/mol. The molecule has 2 nitrogen and oxygen atoms in total. The number of aromatic amines is 1. The highest BCUT2D eigenvalue weighted by molar-refractivity contribution is 7.16. The van der Waals surface area contributed by atoms with Gasteiger partial charge in [-0.1, -0.05) is 53.8 Å². The van der Waals surface area contributed by atoms with Gasteiger partial charge in [0, 0.05) is 0 Å². The van der Waals surface area contributed by atoms with E-state index in [2.05, 4.69) is 59.6 Å². The lowest BCUT2D eigenvalue weighted by molar-refractivity contribution is 1.27. The highest BCUT2D eigenvalue weighted by Crippen LogP contribution is 2.21. The van der Waals surface area contributed by atoms with E-state index in [9.17, 15) is 0 Å². The molecule has 4 aromatic rings. The average molecular weight is 276 g/mol. The lowest BCUT2D eigenvalue weighted by Gasteiger charge is -1.97. The number of hydrogen-bond donors (Lipinski definition) is 1. The minimum atomic E-state index is 0.932. The average Bonchev–Trinajstić information content (AvgIpc) is 2.89. The Labute approximate surface area is 120 Å². The molecule has 0 aliphatic carbocycles. The molecule has 3 aromatic carbocycles. The van der Waals surface area contributed by atoms with Crippen molar-refractivity contribution in [3.63, 3.8) is 0 Å². The van der Waals surface area contributed by atoms with Crippen molar-refractivity contribution in [2.75, 3.05) is 0 Å². The summed E-state index contributed by atoms with van der Waals surface area (Å²) >= 11 is 1.68. The zero-order valence-corrected chi connectivity index (χ0v) is 11.5. The van der Waals surface area contributed by atoms with Gasteiger partial charge in [-0.25, -0.2) is 4.99 Å². The Morgan fingerprint density at radius 2 is 1.60 bits per heavy atom. The molecule has 0 saturated carbocycles. The van der Waals surface area contributed by atoms with E-state index in [0.717, 1.165) is 16.0 Å². The van der Waals surface area contributed by atoms with Gasteiger partial charge < -0.3 is 4.98 Å². The molecule has 0 atom stereocenters. The minimum absolute atomic E-state index is 0.932. The highest BCUT2D eigenvalue weighted by atomic mass is 32.1. The Kier molecular flexibility index (Phi) is 2.64. The Bertz CT molecular complexity index is 927. The van der Waals surface area contributed by atoms with Crippen LogP contribution in [0.4, 0.5) is 5.69 Å². The molecule has 3 heteroatoms. The molecule has 0 bridgehead atoms. The lowest BCUT2D eigenvalue weighted by Crippen LogP contribution is -1.94. The fourth-order valence-electron chi connectivity index (χ4n) is 2.32. The van der Waals surface area contributed by atoms with E-state index in [1.807, 2.05) is 12.1 Å². The standard InChI is InChI=1S/C17H12N2S/c1-2-6-13-11-14(10-9-12(13)5-1)18-17-19-15-7-3-4-8-16(15)20-17/h1-11H,(H,18,19). The molecule has 0 radical (unpaired) electrons. The van der Waals surface area contributed by atoms with E-state index >= 15 is 0 Å². The summed E-state index contributed by atoms with van der Waals surface area (Å²) < 4.78 is 1.23. The van der Waals surface area contributed by atoms with E-state index < -0.39 is 0 Å². The molecule has 0 amide bonds. The summed E-state index contributed by atoms with van der Waals surface area (Å²) in [5.41, 5.74) is 2.11. The van der Waals surface area contributed by atoms with Gasteiger partial charge in [0.05, 0.1) is 15.9 Å². The van der Waals surface area contributed by atoms with E-state index in [4.69, 9.17) is 4.99 Å². The van der Waals surface area contributed by atoms with E-state index in [0.29, 0.717) is 0 Å². The molecule has 20 heavy (non-hydrogen) atoms. The number of hydrogen-bond acceptors (Lipinski definition) is 2. The number of thiazole rings is 1. The topological polar surface area (TPSA) is 28.1 Å². The number of para-hydroxylation sites is 1. The third-order valence-electron chi connectivity index (χ3n) is 3.30. The smallest absolute Gasteiger partial charge is 0.188 e. The van der Waals surface area contributed by atoms with Crippen molar-refractivity contribution < 1.29 is 0 Å². The van der Waals surface area contributed by atoms with Crippen LogP contribution in [0.1, 0.15) is 0 Å². The van der Waals surface area contributed by atoms with Gasteiger partial charge in [-0.2, -0.15) is 0 Å². The minimum Gasteiger partial charge on any atom is -0.330 e. The number of nitrogens with zero attached hydrogens (tertiary/aromatic N) is 1. The number of aromatic nitrogens is 1. The van der Waals surface area contributed by atoms with Gasteiger partial charge in [-0.05, 0) is 35.0 Å². The van der Waals surface area contributed by atoms with Crippen LogP contribution in [-0.4, -0.2) is 4.98 Å². The fourth-order valence-corrected chi connectivity index (χ4v) is 3.21. The van der Waals surface area contributed by atoms with Crippen molar-refractivity contribution in [3.05, 3.63) is 71.5 Å². The van der Waals surface area contributed by atoms with Gasteiger partial charge in [0.2, 0.25) is 0 Å². The summed E-state index contributed by atoms with van der Waals surface area (Å²) in [6.45, 7) is 0. The third-order valence-corrected chi connectivity index (χ3v) is 4.26. The monoisotopic (exact) mass is 276 g/mol. The summed E-state index contributed by atoms with van der Waals surface area (Å²) in [4.78, 5) is 8.97. The molecular formula is C17H12N2S. The van der Waals surface area contributed by atoms with Crippen LogP contribution >= 0.6 is 11.3 Å². The van der Waals surface area contributed by atoms with E-state index in [1.54, 1.807) is 11.3 Å². The van der Waals surface area contributed by atoms with Crippen LogP contribution in [0.25, 0.3) is 21.0 Å². The predicted molar refractivity (Wildman–Crippen MR) is 85.3 cm³/mol. The molecule has 0 aliphatic rings. The van der Waals surface area contributed by atoms with Gasteiger partial charge in [-0.15, -0.1) is 0 Å². The van der Waals surface area contributed by atoms with Crippen LogP contribution in [0.3, 0.4) is 0 Å². The molecule has 0 unspecified atom stereocenters. The Balaban J connectivity index is 1.88. The number of nitrogens with one attached hydrogen (secondary N) is 1. The Morgan fingerprint density at radius 3 is 2.50 bits per heavy atom. The number of H-pyrrole nitrogens is 1. The van der Waals surface area contributed by atoms with Crippen molar-refractivity contribution in [2.45, 2.75) is 0 Å². The maximum Gasteiger partial charge on any atom is 0.188 e. The van der Waals surface area contributed by atoms with Crippen LogP contribution < -0.4 is 4.80 Å². The van der Waals surface area contributed by atoms with Crippen LogP contribution in [0.2, 0.25) is 0 Å². The molecule has 0 aliphatic heterocycles. The zero-order chi connectivity index (χ0) is 13.4. The van der Waals surface area contributed by atoms with Crippen molar-refractivity contribution >= 4 is 38.0 Å². The fraction of sp³-hybridized carbons (Fsp3) is 0. The molecule has 0 fully saturated rings. The van der Waals surface area contributed by atoms with E-state index in [1.165, 1.54) is 15.5 Å². The normalized spacial score (nSPS) is 12.3. The molecule has 1 heterocycles. The summed E-state index contributed by atoms with van der Waals surface area (Å²) in [7, 11) is 0. The second-order valence-electron chi connectivity index (χ2n) is 4.67. The van der Waals surface area contributed by atoms with Crippen molar-refractivity contribution in [1.29, 1.82) is 0 Å². The maximum absolute atomic E-state index is 4.69. The molecule has 96 valence electrons. The molecule has 0 saturated heterocycles. The Hall–Kier alpha value is -2.39. The highest BCUT2D eigenvalue weighted by Gasteiger charge is 1.97. The number of rotatable bonds is 1. The Morgan fingerprint density at radius 1 is 0.800 bits per heavy atom. The first-order valence-corrected chi connectivity index (χ1v) is 7.31. The first-order valence-electron chi connectivity index (χ1n) is 6.50. The first-order chi connectivity index (χ1) is 9.88. The number of benzene rings is 3. The molecule has 1 N–H and O–H groups in total. The maximum atomic E-state index is 4.69. The van der Waals surface area contributed by atoms with E-state index in [-0.39, 0.29) is 0 Å². The van der Waals surface area contributed by atoms with Crippen LogP contribution in [-0.2, 0) is 0 Å². The van der Waals surface area contributed by atoms with Crippen LogP contribution in [0.5, 0.6) is 0 Å². The molecule has 1 aromatic heterocycles. The largest absolute Gasteiger partial charge is 0.330 e. The third kappa shape index (κ3) is 2.02. The van der Waals surface area contributed by atoms with Crippen molar-refractivity contribution in [3.8, 4) is 0 Å². The van der Waals surface area contributed by atoms with Gasteiger partial charge in [0.15, 0.2) is 4.80 Å². The van der Waals surface area contributed by atoms with Crippen LogP contribution in [0.15, 0.2) is 71.7 Å². The van der Waals surface area contributed by atoms with Crippen LogP contribution in [0, 0.1) is 0 Å². The second kappa shape index (κ2) is 4.62.